The second-order valence-corrected chi connectivity index (χ2v) is 16.5. The van der Waals surface area contributed by atoms with E-state index in [2.05, 4.69) is 196 Å². The average Bonchev–Trinajstić information content (AvgIpc) is 3.81. The van der Waals surface area contributed by atoms with Gasteiger partial charge in [-0.2, -0.15) is 0 Å². The van der Waals surface area contributed by atoms with Crippen LogP contribution in [0.15, 0.2) is 180 Å². The molecule has 0 bridgehead atoms. The van der Waals surface area contributed by atoms with Gasteiger partial charge in [0.1, 0.15) is 11.2 Å². The van der Waals surface area contributed by atoms with E-state index >= 15 is 0 Å². The summed E-state index contributed by atoms with van der Waals surface area (Å²) in [5, 5.41) is 2.29. The molecule has 0 spiro atoms. The third-order valence-corrected chi connectivity index (χ3v) is 12.7. The number of hydrogen-bond donors (Lipinski definition) is 0. The third kappa shape index (κ3) is 4.69. The zero-order valence-corrected chi connectivity index (χ0v) is 32.1. The first-order valence-electron chi connectivity index (χ1n) is 19.7. The summed E-state index contributed by atoms with van der Waals surface area (Å²) < 4.78 is 6.28. The van der Waals surface area contributed by atoms with Gasteiger partial charge in [-0.25, -0.2) is 0 Å². The van der Waals surface area contributed by atoms with Crippen molar-refractivity contribution in [3.8, 4) is 44.5 Å². The Morgan fingerprint density at radius 1 is 0.375 bits per heavy atom. The molecule has 0 saturated carbocycles. The minimum atomic E-state index is -0.112. The Morgan fingerprint density at radius 2 is 0.946 bits per heavy atom. The molecule has 2 aliphatic rings. The molecule has 9 aromatic rings. The van der Waals surface area contributed by atoms with Gasteiger partial charge in [-0.1, -0.05) is 155 Å². The number of benzene rings is 8. The van der Waals surface area contributed by atoms with Crippen molar-refractivity contribution in [3.05, 3.63) is 198 Å². The van der Waals surface area contributed by atoms with E-state index in [1.807, 2.05) is 12.1 Å². The Bertz CT molecular complexity index is 3030. The molecule has 2 heteroatoms. The highest BCUT2D eigenvalue weighted by molar-refractivity contribution is 6.06. The topological polar surface area (TPSA) is 16.4 Å². The van der Waals surface area contributed by atoms with Crippen LogP contribution in [-0.4, -0.2) is 0 Å². The Balaban J connectivity index is 1.08. The molecule has 2 nitrogen and oxygen atoms in total. The maximum Gasteiger partial charge on any atom is 0.136 e. The Hall–Kier alpha value is -6.64. The van der Waals surface area contributed by atoms with Gasteiger partial charge >= 0.3 is 0 Å². The van der Waals surface area contributed by atoms with Crippen molar-refractivity contribution >= 4 is 39.0 Å². The third-order valence-electron chi connectivity index (χ3n) is 12.7. The lowest BCUT2D eigenvalue weighted by Gasteiger charge is -2.29. The number of nitrogens with zero attached hydrogens (tertiary/aromatic N) is 1. The highest BCUT2D eigenvalue weighted by atomic mass is 16.3. The smallest absolute Gasteiger partial charge is 0.136 e. The van der Waals surface area contributed by atoms with Crippen molar-refractivity contribution in [2.24, 2.45) is 0 Å². The molecule has 56 heavy (non-hydrogen) atoms. The second kappa shape index (κ2) is 11.9. The van der Waals surface area contributed by atoms with E-state index < -0.39 is 0 Å². The van der Waals surface area contributed by atoms with Crippen LogP contribution in [0.1, 0.15) is 49.9 Å². The van der Waals surface area contributed by atoms with Crippen LogP contribution in [0.5, 0.6) is 0 Å². The van der Waals surface area contributed by atoms with E-state index in [4.69, 9.17) is 4.42 Å². The molecule has 0 unspecified atom stereocenters. The monoisotopic (exact) mass is 719 g/mol. The van der Waals surface area contributed by atoms with Gasteiger partial charge in [0.15, 0.2) is 0 Å². The predicted octanol–water partition coefficient (Wildman–Crippen LogP) is 15.0. The summed E-state index contributed by atoms with van der Waals surface area (Å²) in [6.45, 7) is 9.42. The number of hydrogen-bond acceptors (Lipinski definition) is 2. The lowest BCUT2D eigenvalue weighted by atomic mass is 9.82. The van der Waals surface area contributed by atoms with Gasteiger partial charge in [0.25, 0.3) is 0 Å². The first-order valence-corrected chi connectivity index (χ1v) is 19.7. The largest absolute Gasteiger partial charge is 0.456 e. The number of rotatable bonds is 5. The molecule has 8 aromatic carbocycles. The summed E-state index contributed by atoms with van der Waals surface area (Å²) >= 11 is 0. The van der Waals surface area contributed by atoms with Crippen molar-refractivity contribution in [2.45, 2.75) is 38.5 Å². The number of anilines is 3. The fourth-order valence-corrected chi connectivity index (χ4v) is 9.86. The maximum absolute atomic E-state index is 6.28. The number of furan rings is 1. The van der Waals surface area contributed by atoms with Crippen LogP contribution in [0.25, 0.3) is 66.4 Å². The van der Waals surface area contributed by atoms with Crippen molar-refractivity contribution in [1.82, 2.24) is 0 Å². The van der Waals surface area contributed by atoms with Crippen LogP contribution in [-0.2, 0) is 10.8 Å². The van der Waals surface area contributed by atoms with Crippen molar-refractivity contribution in [1.29, 1.82) is 0 Å². The summed E-state index contributed by atoms with van der Waals surface area (Å²) in [6, 6.07) is 64.6. The molecule has 0 N–H and O–H groups in total. The van der Waals surface area contributed by atoms with Gasteiger partial charge in [-0.15, -0.1) is 0 Å². The lowest BCUT2D eigenvalue weighted by molar-refractivity contribution is 0.660. The maximum atomic E-state index is 6.28. The van der Waals surface area contributed by atoms with E-state index in [-0.39, 0.29) is 10.8 Å². The molecule has 0 fully saturated rings. The first kappa shape index (κ1) is 32.8. The Morgan fingerprint density at radius 3 is 1.71 bits per heavy atom. The summed E-state index contributed by atoms with van der Waals surface area (Å²) in [7, 11) is 0. The highest BCUT2D eigenvalue weighted by Gasteiger charge is 2.38. The summed E-state index contributed by atoms with van der Waals surface area (Å²) in [5.41, 5.74) is 20.6. The van der Waals surface area contributed by atoms with E-state index in [0.717, 1.165) is 44.4 Å². The van der Waals surface area contributed by atoms with E-state index in [1.165, 1.54) is 61.3 Å². The highest BCUT2D eigenvalue weighted by Crippen LogP contribution is 2.55. The summed E-state index contributed by atoms with van der Waals surface area (Å²) in [6.07, 6.45) is 0. The minimum absolute atomic E-state index is 0.0624. The Kier molecular flexibility index (Phi) is 6.98. The summed E-state index contributed by atoms with van der Waals surface area (Å²) in [4.78, 5) is 2.47. The number of para-hydroxylation sites is 1. The molecule has 0 radical (unpaired) electrons. The van der Waals surface area contributed by atoms with Crippen molar-refractivity contribution < 1.29 is 4.42 Å². The van der Waals surface area contributed by atoms with E-state index in [9.17, 15) is 0 Å². The second-order valence-electron chi connectivity index (χ2n) is 16.5. The van der Waals surface area contributed by atoms with Gasteiger partial charge in [0.05, 0.1) is 5.69 Å². The molecular formula is C54H41NO. The minimum Gasteiger partial charge on any atom is -0.456 e. The zero-order valence-electron chi connectivity index (χ0n) is 32.1. The molecule has 268 valence electrons. The van der Waals surface area contributed by atoms with Crippen molar-refractivity contribution in [2.75, 3.05) is 4.90 Å². The molecular weight excluding hydrogens is 679 g/mol. The van der Waals surface area contributed by atoms with Gasteiger partial charge in [-0.05, 0) is 110 Å². The standard InChI is InChI=1S/C54H41NO/c1-53(2)44-20-8-5-17-42(44)51-39(19-12-22-46(51)53)36-14-11-15-38(32-36)55(48-24-13-23-47-52(48)43-18-6-9-21-45(43)54(47,3)4)37-29-26-34(27-30-37)35-28-31-41-40-16-7-10-25-49(40)56-50(41)33-35/h5-33H,1-4H3. The molecule has 0 atom stereocenters. The Labute approximate surface area is 328 Å². The lowest BCUT2D eigenvalue weighted by Crippen LogP contribution is -2.16. The van der Waals surface area contributed by atoms with Crippen molar-refractivity contribution in [3.63, 3.8) is 0 Å². The number of fused-ring (bicyclic) bond motifs is 9. The molecule has 0 saturated heterocycles. The van der Waals surface area contributed by atoms with Crippen LogP contribution >= 0.6 is 0 Å². The average molecular weight is 720 g/mol. The van der Waals surface area contributed by atoms with Crippen LogP contribution in [0, 0.1) is 0 Å². The van der Waals surface area contributed by atoms with E-state index in [1.54, 1.807) is 0 Å². The van der Waals surface area contributed by atoms with Gasteiger partial charge < -0.3 is 9.32 Å². The van der Waals surface area contributed by atoms with E-state index in [0.29, 0.717) is 0 Å². The fraction of sp³-hybridized carbons (Fsp3) is 0.111. The van der Waals surface area contributed by atoms with Crippen LogP contribution in [0.4, 0.5) is 17.1 Å². The molecule has 1 heterocycles. The molecule has 1 aromatic heterocycles. The van der Waals surface area contributed by atoms with Gasteiger partial charge in [0, 0.05) is 38.5 Å². The SMILES string of the molecule is CC1(C)c2ccccc2-c2c(-c3cccc(N(c4ccc(-c5ccc6c(c5)oc5ccccc56)cc4)c4cccc5c4-c4ccccc4C5(C)C)c3)cccc21. The molecule has 2 aliphatic carbocycles. The molecule has 11 rings (SSSR count). The normalized spacial score (nSPS) is 14.4. The molecule has 0 aliphatic heterocycles. The zero-order chi connectivity index (χ0) is 37.8. The van der Waals surface area contributed by atoms with Crippen LogP contribution in [0.3, 0.4) is 0 Å². The predicted molar refractivity (Wildman–Crippen MR) is 234 cm³/mol. The van der Waals surface area contributed by atoms with Gasteiger partial charge in [0.2, 0.25) is 0 Å². The van der Waals surface area contributed by atoms with Gasteiger partial charge in [-0.3, -0.25) is 0 Å². The van der Waals surface area contributed by atoms with Crippen LogP contribution < -0.4 is 4.90 Å². The molecule has 0 amide bonds. The summed E-state index contributed by atoms with van der Waals surface area (Å²) in [5.74, 6) is 0. The van der Waals surface area contributed by atoms with Crippen LogP contribution in [0.2, 0.25) is 0 Å². The first-order chi connectivity index (χ1) is 27.3. The fourth-order valence-electron chi connectivity index (χ4n) is 9.86. The quantitative estimate of drug-likeness (QED) is 0.176.